The molecule has 0 bridgehead atoms. The van der Waals surface area contributed by atoms with Gasteiger partial charge in [0.05, 0.1) is 18.1 Å². The number of nitrogens with one attached hydrogen (secondary N) is 1. The van der Waals surface area contributed by atoms with Crippen LogP contribution in [-0.2, 0) is 11.3 Å². The molecular weight excluding hydrogens is 438 g/mol. The van der Waals surface area contributed by atoms with Crippen LogP contribution in [-0.4, -0.2) is 32.2 Å². The zero-order valence-electron chi connectivity index (χ0n) is 17.6. The van der Waals surface area contributed by atoms with Crippen molar-refractivity contribution < 1.29 is 9.53 Å². The molecule has 0 aliphatic rings. The summed E-state index contributed by atoms with van der Waals surface area (Å²) in [7, 11) is 1.58. The molecule has 9 heteroatoms. The first-order valence-electron chi connectivity index (χ1n) is 10.2. The van der Waals surface area contributed by atoms with Crippen molar-refractivity contribution in [2.24, 2.45) is 0 Å². The summed E-state index contributed by atoms with van der Waals surface area (Å²) in [6, 6.07) is 24.1. The van der Waals surface area contributed by atoms with Crippen LogP contribution >= 0.6 is 11.8 Å². The summed E-state index contributed by atoms with van der Waals surface area (Å²) in [5, 5.41) is 7.84. The lowest BCUT2D eigenvalue weighted by Crippen LogP contribution is -2.28. The van der Waals surface area contributed by atoms with Crippen molar-refractivity contribution in [3.63, 3.8) is 0 Å². The molecule has 0 radical (unpaired) electrons. The average Bonchev–Trinajstić information content (AvgIpc) is 3.16. The maximum atomic E-state index is 13.2. The Balaban J connectivity index is 1.52. The van der Waals surface area contributed by atoms with Crippen molar-refractivity contribution >= 4 is 40.0 Å². The number of carbonyl (C=O) groups excluding carboxylic acids is 1. The van der Waals surface area contributed by atoms with E-state index in [4.69, 9.17) is 9.72 Å². The molecule has 0 saturated carbocycles. The van der Waals surface area contributed by atoms with Crippen molar-refractivity contribution in [3.8, 4) is 5.75 Å². The Morgan fingerprint density at radius 3 is 2.48 bits per heavy atom. The third-order valence-electron chi connectivity index (χ3n) is 5.00. The highest BCUT2D eigenvalue weighted by molar-refractivity contribution is 7.99. The van der Waals surface area contributed by atoms with Gasteiger partial charge < -0.3 is 10.1 Å². The average molecular weight is 458 g/mol. The van der Waals surface area contributed by atoms with E-state index in [2.05, 4.69) is 10.4 Å². The summed E-state index contributed by atoms with van der Waals surface area (Å²) in [6.07, 6.45) is 0. The first kappa shape index (κ1) is 20.8. The number of aromatic nitrogens is 4. The fourth-order valence-electron chi connectivity index (χ4n) is 3.45. The van der Waals surface area contributed by atoms with Crippen LogP contribution in [0.4, 0.5) is 5.69 Å². The third-order valence-corrected chi connectivity index (χ3v) is 5.98. The molecule has 33 heavy (non-hydrogen) atoms. The normalized spacial score (nSPS) is 11.1. The molecule has 5 rings (SSSR count). The minimum absolute atomic E-state index is 0.226. The lowest BCUT2D eigenvalue weighted by atomic mass is 10.3. The SMILES string of the molecule is COc1ccc(NC(=O)Cn2nc3c(Sc4ccccc4)nc4ccccc4n3c2=O)cc1. The fourth-order valence-corrected chi connectivity index (χ4v) is 4.34. The molecule has 0 aliphatic carbocycles. The number of ether oxygens (including phenoxy) is 1. The molecule has 0 saturated heterocycles. The van der Waals surface area contributed by atoms with Gasteiger partial charge in [-0.2, -0.15) is 0 Å². The minimum Gasteiger partial charge on any atom is -0.497 e. The van der Waals surface area contributed by atoms with Gasteiger partial charge in [0.2, 0.25) is 5.91 Å². The van der Waals surface area contributed by atoms with Crippen molar-refractivity contribution in [1.29, 1.82) is 0 Å². The van der Waals surface area contributed by atoms with E-state index in [1.54, 1.807) is 31.4 Å². The van der Waals surface area contributed by atoms with Crippen molar-refractivity contribution in [1.82, 2.24) is 19.2 Å². The summed E-state index contributed by atoms with van der Waals surface area (Å²) < 4.78 is 7.80. The van der Waals surface area contributed by atoms with Gasteiger partial charge in [-0.3, -0.25) is 4.79 Å². The number of hydrogen-bond donors (Lipinski definition) is 1. The maximum Gasteiger partial charge on any atom is 0.351 e. The Morgan fingerprint density at radius 1 is 1.00 bits per heavy atom. The highest BCUT2D eigenvalue weighted by Gasteiger charge is 2.18. The van der Waals surface area contributed by atoms with E-state index in [1.165, 1.54) is 16.2 Å². The lowest BCUT2D eigenvalue weighted by Gasteiger charge is -2.05. The molecule has 2 heterocycles. The quantitative estimate of drug-likeness (QED) is 0.417. The van der Waals surface area contributed by atoms with Crippen LogP contribution in [0.15, 0.2) is 93.6 Å². The van der Waals surface area contributed by atoms with Crippen molar-refractivity contribution in [2.75, 3.05) is 12.4 Å². The van der Waals surface area contributed by atoms with Crippen LogP contribution in [0, 0.1) is 0 Å². The summed E-state index contributed by atoms with van der Waals surface area (Å²) in [4.78, 5) is 31.6. The Kier molecular flexibility index (Phi) is 5.54. The lowest BCUT2D eigenvalue weighted by molar-refractivity contribution is -0.117. The number of para-hydroxylation sites is 2. The molecule has 1 amide bonds. The number of fused-ring (bicyclic) bond motifs is 3. The zero-order valence-corrected chi connectivity index (χ0v) is 18.5. The number of hydrogen-bond acceptors (Lipinski definition) is 6. The van der Waals surface area contributed by atoms with Crippen LogP contribution in [0.1, 0.15) is 0 Å². The van der Waals surface area contributed by atoms with Gasteiger partial charge in [-0.25, -0.2) is 18.9 Å². The molecule has 0 unspecified atom stereocenters. The number of benzene rings is 3. The van der Waals surface area contributed by atoms with Crippen LogP contribution < -0.4 is 15.7 Å². The number of amides is 1. The largest absolute Gasteiger partial charge is 0.497 e. The molecular formula is C24H19N5O3S. The minimum atomic E-state index is -0.400. The Morgan fingerprint density at radius 2 is 1.73 bits per heavy atom. The van der Waals surface area contributed by atoms with Gasteiger partial charge in [-0.15, -0.1) is 5.10 Å². The van der Waals surface area contributed by atoms with Gasteiger partial charge in [0, 0.05) is 10.6 Å². The van der Waals surface area contributed by atoms with Crippen molar-refractivity contribution in [3.05, 3.63) is 89.3 Å². The summed E-state index contributed by atoms with van der Waals surface area (Å²) in [5.41, 5.74) is 1.92. The fraction of sp³-hybridized carbons (Fsp3) is 0.0833. The van der Waals surface area contributed by atoms with Gasteiger partial charge >= 0.3 is 5.69 Å². The molecule has 5 aromatic rings. The van der Waals surface area contributed by atoms with Crippen LogP contribution in [0.5, 0.6) is 5.75 Å². The van der Waals surface area contributed by atoms with E-state index in [0.29, 0.717) is 33.1 Å². The second-order valence-corrected chi connectivity index (χ2v) is 8.26. The molecule has 8 nitrogen and oxygen atoms in total. The highest BCUT2D eigenvalue weighted by Crippen LogP contribution is 2.30. The number of rotatable bonds is 6. The first-order chi connectivity index (χ1) is 16.1. The van der Waals surface area contributed by atoms with Gasteiger partial charge in [0.15, 0.2) is 5.65 Å². The molecule has 0 aliphatic heterocycles. The van der Waals surface area contributed by atoms with Gasteiger partial charge in [-0.05, 0) is 48.5 Å². The van der Waals surface area contributed by atoms with Gasteiger partial charge in [0.25, 0.3) is 0 Å². The number of carbonyl (C=O) groups is 1. The second kappa shape index (κ2) is 8.79. The highest BCUT2D eigenvalue weighted by atomic mass is 32.2. The Hall–Kier alpha value is -4.11. The monoisotopic (exact) mass is 457 g/mol. The smallest absolute Gasteiger partial charge is 0.351 e. The van der Waals surface area contributed by atoms with Gasteiger partial charge in [-0.1, -0.05) is 42.1 Å². The van der Waals surface area contributed by atoms with Crippen molar-refractivity contribution in [2.45, 2.75) is 16.5 Å². The van der Waals surface area contributed by atoms with Crippen LogP contribution in [0.25, 0.3) is 16.7 Å². The van der Waals surface area contributed by atoms with E-state index in [0.717, 1.165) is 9.58 Å². The molecule has 0 spiro atoms. The summed E-state index contributed by atoms with van der Waals surface area (Å²) >= 11 is 1.42. The maximum absolute atomic E-state index is 13.2. The number of nitrogens with zero attached hydrogens (tertiary/aromatic N) is 4. The Bertz CT molecular complexity index is 1510. The molecule has 3 aromatic carbocycles. The topological polar surface area (TPSA) is 90.5 Å². The summed E-state index contributed by atoms with van der Waals surface area (Å²) in [5.74, 6) is 0.326. The predicted molar refractivity (Wildman–Crippen MR) is 127 cm³/mol. The number of anilines is 1. The van der Waals surface area contributed by atoms with Crippen LogP contribution in [0.3, 0.4) is 0 Å². The van der Waals surface area contributed by atoms with Gasteiger partial charge in [0.1, 0.15) is 17.3 Å². The van der Waals surface area contributed by atoms with E-state index in [9.17, 15) is 9.59 Å². The van der Waals surface area contributed by atoms with E-state index >= 15 is 0 Å². The Labute approximate surface area is 192 Å². The standard InChI is InChI=1S/C24H19N5O3S/c1-32-17-13-11-16(12-14-17)25-21(30)15-28-24(31)29-20-10-6-5-9-19(20)26-23(22(29)27-28)33-18-7-3-2-4-8-18/h2-14H,15H2,1H3,(H,25,30). The molecule has 2 aromatic heterocycles. The molecule has 164 valence electrons. The first-order valence-corrected chi connectivity index (χ1v) is 11.0. The predicted octanol–water partition coefficient (Wildman–Crippen LogP) is 3.84. The van der Waals surface area contributed by atoms with E-state index < -0.39 is 5.69 Å². The molecule has 0 fully saturated rings. The van der Waals surface area contributed by atoms with Crippen LogP contribution in [0.2, 0.25) is 0 Å². The third kappa shape index (κ3) is 4.18. The van der Waals surface area contributed by atoms with E-state index in [-0.39, 0.29) is 12.5 Å². The zero-order chi connectivity index (χ0) is 22.8. The van der Waals surface area contributed by atoms with E-state index in [1.807, 2.05) is 54.6 Å². The molecule has 1 N–H and O–H groups in total. The second-order valence-electron chi connectivity index (χ2n) is 7.20. The molecule has 0 atom stereocenters. The summed E-state index contributed by atoms with van der Waals surface area (Å²) in [6.45, 7) is -0.226. The number of methoxy groups -OCH3 is 1.